The van der Waals surface area contributed by atoms with Gasteiger partial charge in [-0.2, -0.15) is 0 Å². The molecule has 0 saturated heterocycles. The molecular formula is C22H22O2. The normalized spacial score (nSPS) is 23.2. The van der Waals surface area contributed by atoms with Gasteiger partial charge in [0.1, 0.15) is 0 Å². The predicted molar refractivity (Wildman–Crippen MR) is 93.5 cm³/mol. The maximum absolute atomic E-state index is 11.8. The van der Waals surface area contributed by atoms with E-state index in [1.54, 1.807) is 22.3 Å². The summed E-state index contributed by atoms with van der Waals surface area (Å²) in [6.45, 7) is 0. The Morgan fingerprint density at radius 1 is 0.875 bits per heavy atom. The molecule has 5 rings (SSSR count). The molecule has 0 heterocycles. The Kier molecular flexibility index (Phi) is 2.94. The van der Waals surface area contributed by atoms with Crippen LogP contribution in [0.5, 0.6) is 0 Å². The molecule has 0 radical (unpaired) electrons. The molecule has 0 bridgehead atoms. The van der Waals surface area contributed by atoms with Crippen molar-refractivity contribution < 1.29 is 9.53 Å². The van der Waals surface area contributed by atoms with E-state index >= 15 is 0 Å². The SMILES string of the molecule is COC(=O)c1ccc2c(c1)C[C@]1(C2)Cc2ccc3c(c2C1)CCC3. The minimum absolute atomic E-state index is 0.230. The van der Waals surface area contributed by atoms with Gasteiger partial charge in [0.15, 0.2) is 0 Å². The van der Waals surface area contributed by atoms with Gasteiger partial charge in [-0.1, -0.05) is 18.2 Å². The van der Waals surface area contributed by atoms with Crippen molar-refractivity contribution in [1.29, 1.82) is 0 Å². The molecule has 0 amide bonds. The standard InChI is InChI=1S/C22H22O2/c1-24-21(23)15-6-7-16-10-22(12-18(16)9-15)11-17-8-5-14-3-2-4-19(14)20(17)13-22/h5-9H,2-4,10-13H2,1H3/t22-/m0/s1. The molecule has 24 heavy (non-hydrogen) atoms. The summed E-state index contributed by atoms with van der Waals surface area (Å²) in [5, 5.41) is 0. The summed E-state index contributed by atoms with van der Waals surface area (Å²) in [6, 6.07) is 10.9. The largest absolute Gasteiger partial charge is 0.465 e. The van der Waals surface area contributed by atoms with E-state index in [2.05, 4.69) is 24.3 Å². The van der Waals surface area contributed by atoms with Crippen molar-refractivity contribution in [1.82, 2.24) is 0 Å². The molecule has 0 aliphatic heterocycles. The van der Waals surface area contributed by atoms with Gasteiger partial charge in [-0.05, 0) is 95.9 Å². The number of methoxy groups -OCH3 is 1. The van der Waals surface area contributed by atoms with Gasteiger partial charge in [0.25, 0.3) is 0 Å². The Bertz CT molecular complexity index is 865. The van der Waals surface area contributed by atoms with Gasteiger partial charge in [0.05, 0.1) is 12.7 Å². The topological polar surface area (TPSA) is 26.3 Å². The highest BCUT2D eigenvalue weighted by Gasteiger charge is 2.43. The van der Waals surface area contributed by atoms with Crippen LogP contribution in [0.4, 0.5) is 0 Å². The Morgan fingerprint density at radius 3 is 2.50 bits per heavy atom. The molecule has 3 aliphatic carbocycles. The van der Waals surface area contributed by atoms with Crippen molar-refractivity contribution in [3.05, 3.63) is 69.3 Å². The van der Waals surface area contributed by atoms with Gasteiger partial charge in [-0.3, -0.25) is 0 Å². The van der Waals surface area contributed by atoms with Gasteiger partial charge in [0, 0.05) is 0 Å². The third-order valence-corrected chi connectivity index (χ3v) is 6.37. The second-order valence-corrected chi connectivity index (χ2v) is 7.88. The van der Waals surface area contributed by atoms with Crippen LogP contribution in [0, 0.1) is 5.41 Å². The number of rotatable bonds is 1. The number of benzene rings is 2. The Balaban J connectivity index is 1.48. The van der Waals surface area contributed by atoms with Gasteiger partial charge >= 0.3 is 5.97 Å². The van der Waals surface area contributed by atoms with E-state index in [0.29, 0.717) is 11.0 Å². The van der Waals surface area contributed by atoms with Crippen LogP contribution in [0.3, 0.4) is 0 Å². The maximum Gasteiger partial charge on any atom is 0.337 e. The first kappa shape index (κ1) is 14.3. The minimum atomic E-state index is -0.230. The average Bonchev–Trinajstić information content (AvgIpc) is 3.27. The van der Waals surface area contributed by atoms with Crippen molar-refractivity contribution >= 4 is 5.97 Å². The first-order valence-corrected chi connectivity index (χ1v) is 9.00. The fraction of sp³-hybridized carbons (Fsp3) is 0.409. The number of aryl methyl sites for hydroxylation is 1. The highest BCUT2D eigenvalue weighted by Crippen LogP contribution is 2.49. The molecule has 0 saturated carbocycles. The second-order valence-electron chi connectivity index (χ2n) is 7.88. The second kappa shape index (κ2) is 4.95. The number of hydrogen-bond acceptors (Lipinski definition) is 2. The maximum atomic E-state index is 11.8. The van der Waals surface area contributed by atoms with Gasteiger partial charge in [-0.25, -0.2) is 4.79 Å². The molecule has 122 valence electrons. The summed E-state index contributed by atoms with van der Waals surface area (Å²) in [7, 11) is 1.45. The van der Waals surface area contributed by atoms with Crippen molar-refractivity contribution in [3.63, 3.8) is 0 Å². The lowest BCUT2D eigenvalue weighted by atomic mass is 9.81. The Hall–Kier alpha value is -2.09. The van der Waals surface area contributed by atoms with Crippen LogP contribution in [-0.2, 0) is 43.3 Å². The molecule has 2 heteroatoms. The first-order valence-electron chi connectivity index (χ1n) is 9.00. The molecule has 2 aromatic carbocycles. The molecule has 2 nitrogen and oxygen atoms in total. The van der Waals surface area contributed by atoms with Crippen LogP contribution in [0.1, 0.15) is 50.2 Å². The van der Waals surface area contributed by atoms with Gasteiger partial charge in [-0.15, -0.1) is 0 Å². The van der Waals surface area contributed by atoms with Gasteiger partial charge in [0.2, 0.25) is 0 Å². The van der Waals surface area contributed by atoms with Crippen LogP contribution < -0.4 is 0 Å². The molecule has 1 atom stereocenters. The van der Waals surface area contributed by atoms with Crippen molar-refractivity contribution in [3.8, 4) is 0 Å². The minimum Gasteiger partial charge on any atom is -0.465 e. The number of fused-ring (bicyclic) bond motifs is 4. The Labute approximate surface area is 142 Å². The molecule has 3 aliphatic rings. The predicted octanol–water partition coefficient (Wildman–Crippen LogP) is 3.85. The number of carbonyl (C=O) groups excluding carboxylic acids is 1. The summed E-state index contributed by atoms with van der Waals surface area (Å²) < 4.78 is 4.88. The molecule has 2 aromatic rings. The smallest absolute Gasteiger partial charge is 0.337 e. The zero-order valence-electron chi connectivity index (χ0n) is 14.2. The molecule has 1 spiro atoms. The zero-order valence-corrected chi connectivity index (χ0v) is 14.2. The van der Waals surface area contributed by atoms with E-state index in [0.717, 1.165) is 12.8 Å². The highest BCUT2D eigenvalue weighted by molar-refractivity contribution is 5.89. The number of carbonyl (C=O) groups is 1. The van der Waals surface area contributed by atoms with E-state index in [1.807, 2.05) is 6.07 Å². The quantitative estimate of drug-likeness (QED) is 0.747. The monoisotopic (exact) mass is 318 g/mol. The summed E-state index contributed by atoms with van der Waals surface area (Å²) in [6.07, 6.45) is 8.50. The van der Waals surface area contributed by atoms with E-state index < -0.39 is 0 Å². The number of esters is 1. The highest BCUT2D eigenvalue weighted by atomic mass is 16.5. The molecular weight excluding hydrogens is 296 g/mol. The van der Waals surface area contributed by atoms with Crippen LogP contribution >= 0.6 is 0 Å². The number of hydrogen-bond donors (Lipinski definition) is 0. The van der Waals surface area contributed by atoms with Crippen molar-refractivity contribution in [2.75, 3.05) is 7.11 Å². The summed E-state index contributed by atoms with van der Waals surface area (Å²) in [5.74, 6) is -0.230. The zero-order chi connectivity index (χ0) is 16.3. The third kappa shape index (κ3) is 1.98. The van der Waals surface area contributed by atoms with Crippen LogP contribution in [-0.4, -0.2) is 13.1 Å². The fourth-order valence-corrected chi connectivity index (χ4v) is 5.35. The lowest BCUT2D eigenvalue weighted by Gasteiger charge is -2.22. The van der Waals surface area contributed by atoms with Crippen molar-refractivity contribution in [2.45, 2.75) is 44.9 Å². The van der Waals surface area contributed by atoms with E-state index in [-0.39, 0.29) is 5.97 Å². The van der Waals surface area contributed by atoms with Gasteiger partial charge < -0.3 is 4.74 Å². The fourth-order valence-electron chi connectivity index (χ4n) is 5.35. The Morgan fingerprint density at radius 2 is 1.62 bits per heavy atom. The molecule has 0 N–H and O–H groups in total. The lowest BCUT2D eigenvalue weighted by Crippen LogP contribution is -2.21. The van der Waals surface area contributed by atoms with E-state index in [4.69, 9.17) is 4.74 Å². The summed E-state index contributed by atoms with van der Waals surface area (Å²) >= 11 is 0. The van der Waals surface area contributed by atoms with E-state index in [9.17, 15) is 4.79 Å². The average molecular weight is 318 g/mol. The summed E-state index contributed by atoms with van der Waals surface area (Å²) in [5.41, 5.74) is 10.3. The first-order chi connectivity index (χ1) is 11.7. The van der Waals surface area contributed by atoms with Crippen LogP contribution in [0.25, 0.3) is 0 Å². The molecule has 0 fully saturated rings. The molecule has 0 unspecified atom stereocenters. The van der Waals surface area contributed by atoms with E-state index in [1.165, 1.54) is 50.3 Å². The van der Waals surface area contributed by atoms with Crippen LogP contribution in [0.15, 0.2) is 30.3 Å². The molecule has 0 aromatic heterocycles. The lowest BCUT2D eigenvalue weighted by molar-refractivity contribution is 0.0600. The van der Waals surface area contributed by atoms with Crippen molar-refractivity contribution in [2.24, 2.45) is 5.41 Å². The third-order valence-electron chi connectivity index (χ3n) is 6.37. The summed E-state index contributed by atoms with van der Waals surface area (Å²) in [4.78, 5) is 11.8. The number of ether oxygens (including phenoxy) is 1. The van der Waals surface area contributed by atoms with Crippen LogP contribution in [0.2, 0.25) is 0 Å².